The Kier molecular flexibility index (Phi) is 5.46. The lowest BCUT2D eigenvalue weighted by atomic mass is 9.75. The quantitative estimate of drug-likeness (QED) is 0.714. The molecule has 2 N–H and O–H groups in total. The largest absolute Gasteiger partial charge is 0.316 e. The van der Waals surface area contributed by atoms with Crippen molar-refractivity contribution in [3.8, 4) is 0 Å². The van der Waals surface area contributed by atoms with Crippen molar-refractivity contribution in [3.05, 3.63) is 0 Å². The van der Waals surface area contributed by atoms with Crippen molar-refractivity contribution in [1.29, 1.82) is 0 Å². The fourth-order valence-electron chi connectivity index (χ4n) is 3.10. The van der Waals surface area contributed by atoms with Crippen LogP contribution in [0.4, 0.5) is 0 Å². The summed E-state index contributed by atoms with van der Waals surface area (Å²) < 4.78 is 0. The monoisotopic (exact) mass is 240 g/mol. The van der Waals surface area contributed by atoms with E-state index in [1.807, 2.05) is 0 Å². The number of nitrogens with one attached hydrogen (secondary N) is 2. The topological polar surface area (TPSA) is 24.1 Å². The van der Waals surface area contributed by atoms with Gasteiger partial charge in [0.15, 0.2) is 0 Å². The fraction of sp³-hybridized carbons (Fsp3) is 1.00. The van der Waals surface area contributed by atoms with E-state index in [1.54, 1.807) is 0 Å². The lowest BCUT2D eigenvalue weighted by Crippen LogP contribution is -2.51. The van der Waals surface area contributed by atoms with Gasteiger partial charge in [0.05, 0.1) is 0 Å². The molecule has 0 aliphatic carbocycles. The summed E-state index contributed by atoms with van der Waals surface area (Å²) >= 11 is 0. The Balaban J connectivity index is 2.63. The minimum absolute atomic E-state index is 0.366. The van der Waals surface area contributed by atoms with Gasteiger partial charge in [-0.05, 0) is 43.6 Å². The molecule has 0 bridgehead atoms. The number of hydrogen-bond acceptors (Lipinski definition) is 2. The molecule has 1 atom stereocenters. The molecule has 17 heavy (non-hydrogen) atoms. The Morgan fingerprint density at radius 3 is 2.12 bits per heavy atom. The van der Waals surface area contributed by atoms with Gasteiger partial charge in [-0.25, -0.2) is 0 Å². The molecule has 2 nitrogen and oxygen atoms in total. The van der Waals surface area contributed by atoms with Gasteiger partial charge in [-0.1, -0.05) is 34.6 Å². The Morgan fingerprint density at radius 1 is 1.18 bits per heavy atom. The molecule has 0 aromatic heterocycles. The van der Waals surface area contributed by atoms with Gasteiger partial charge in [0.1, 0.15) is 0 Å². The molecule has 0 spiro atoms. The summed E-state index contributed by atoms with van der Waals surface area (Å²) in [6.45, 7) is 15.2. The van der Waals surface area contributed by atoms with Crippen LogP contribution in [0.25, 0.3) is 0 Å². The summed E-state index contributed by atoms with van der Waals surface area (Å²) in [5, 5.41) is 7.45. The van der Waals surface area contributed by atoms with Gasteiger partial charge in [0.25, 0.3) is 0 Å². The zero-order valence-corrected chi connectivity index (χ0v) is 12.5. The molecular weight excluding hydrogens is 208 g/mol. The van der Waals surface area contributed by atoms with Gasteiger partial charge in [0.2, 0.25) is 0 Å². The highest BCUT2D eigenvalue weighted by Crippen LogP contribution is 2.34. The molecule has 0 aromatic carbocycles. The molecule has 0 radical (unpaired) electrons. The molecule has 0 saturated carbocycles. The van der Waals surface area contributed by atoms with E-state index in [2.05, 4.69) is 45.3 Å². The van der Waals surface area contributed by atoms with Crippen LogP contribution in [0.5, 0.6) is 0 Å². The van der Waals surface area contributed by atoms with Crippen molar-refractivity contribution in [2.45, 2.75) is 65.8 Å². The molecule has 1 unspecified atom stereocenters. The predicted molar refractivity (Wildman–Crippen MR) is 76.4 cm³/mol. The maximum atomic E-state index is 3.91. The third kappa shape index (κ3) is 3.23. The van der Waals surface area contributed by atoms with Crippen LogP contribution in [-0.4, -0.2) is 25.2 Å². The van der Waals surface area contributed by atoms with E-state index >= 15 is 0 Å². The lowest BCUT2D eigenvalue weighted by molar-refractivity contribution is 0.167. The highest BCUT2D eigenvalue weighted by molar-refractivity contribution is 4.95. The Labute approximate surface area is 108 Å². The van der Waals surface area contributed by atoms with Crippen molar-refractivity contribution in [3.63, 3.8) is 0 Å². The summed E-state index contributed by atoms with van der Waals surface area (Å²) in [5.74, 6) is 0.758. The van der Waals surface area contributed by atoms with Gasteiger partial charge in [0, 0.05) is 18.6 Å². The normalized spacial score (nSPS) is 25.8. The van der Waals surface area contributed by atoms with Crippen LogP contribution in [-0.2, 0) is 0 Å². The summed E-state index contributed by atoms with van der Waals surface area (Å²) in [5.41, 5.74) is 0.842. The third-order valence-corrected chi connectivity index (χ3v) is 5.35. The molecule has 1 aliphatic rings. The average Bonchev–Trinajstić information content (AvgIpc) is 2.82. The third-order valence-electron chi connectivity index (χ3n) is 5.35. The molecular formula is C15H32N2. The molecule has 0 aromatic rings. The molecule has 1 heterocycles. The highest BCUT2D eigenvalue weighted by Gasteiger charge is 2.38. The minimum atomic E-state index is 0.366. The molecule has 1 fully saturated rings. The van der Waals surface area contributed by atoms with E-state index in [0.717, 1.165) is 5.92 Å². The van der Waals surface area contributed by atoms with Crippen LogP contribution in [0, 0.1) is 11.3 Å². The Hall–Kier alpha value is -0.0800. The first-order chi connectivity index (χ1) is 8.04. The van der Waals surface area contributed by atoms with Gasteiger partial charge >= 0.3 is 0 Å². The molecule has 102 valence electrons. The molecule has 0 amide bonds. The first-order valence-electron chi connectivity index (χ1n) is 7.50. The van der Waals surface area contributed by atoms with Gasteiger partial charge in [-0.2, -0.15) is 0 Å². The highest BCUT2D eigenvalue weighted by atomic mass is 15.0. The van der Waals surface area contributed by atoms with E-state index in [9.17, 15) is 0 Å². The molecule has 1 saturated heterocycles. The van der Waals surface area contributed by atoms with Crippen LogP contribution in [0.3, 0.4) is 0 Å². The van der Waals surface area contributed by atoms with Crippen LogP contribution in [0.1, 0.15) is 60.3 Å². The summed E-state index contributed by atoms with van der Waals surface area (Å²) in [7, 11) is 0. The Bertz CT molecular complexity index is 205. The van der Waals surface area contributed by atoms with Crippen LogP contribution < -0.4 is 10.6 Å². The zero-order chi connectivity index (χ0) is 12.9. The predicted octanol–water partition coefficient (Wildman–Crippen LogP) is 3.18. The fourth-order valence-corrected chi connectivity index (χ4v) is 3.10. The second-order valence-corrected chi connectivity index (χ2v) is 6.14. The van der Waals surface area contributed by atoms with E-state index in [0.29, 0.717) is 11.0 Å². The second kappa shape index (κ2) is 6.19. The SMILES string of the molecule is CCC(CC)(CC)NCC1(C(C)C)CCNC1. The lowest BCUT2D eigenvalue weighted by Gasteiger charge is -2.39. The van der Waals surface area contributed by atoms with Crippen molar-refractivity contribution in [2.75, 3.05) is 19.6 Å². The van der Waals surface area contributed by atoms with Crippen LogP contribution in [0.2, 0.25) is 0 Å². The maximum absolute atomic E-state index is 3.91. The Morgan fingerprint density at radius 2 is 1.76 bits per heavy atom. The van der Waals surface area contributed by atoms with Crippen molar-refractivity contribution in [1.82, 2.24) is 10.6 Å². The summed E-state index contributed by atoms with van der Waals surface area (Å²) in [4.78, 5) is 0. The average molecular weight is 240 g/mol. The van der Waals surface area contributed by atoms with E-state index < -0.39 is 0 Å². The van der Waals surface area contributed by atoms with Crippen molar-refractivity contribution < 1.29 is 0 Å². The minimum Gasteiger partial charge on any atom is -0.316 e. The molecule has 1 rings (SSSR count). The number of rotatable bonds is 7. The molecule has 2 heteroatoms. The van der Waals surface area contributed by atoms with Crippen LogP contribution in [0.15, 0.2) is 0 Å². The van der Waals surface area contributed by atoms with Crippen molar-refractivity contribution >= 4 is 0 Å². The number of hydrogen-bond donors (Lipinski definition) is 2. The van der Waals surface area contributed by atoms with Gasteiger partial charge in [-0.15, -0.1) is 0 Å². The van der Waals surface area contributed by atoms with Gasteiger partial charge < -0.3 is 10.6 Å². The van der Waals surface area contributed by atoms with Crippen LogP contribution >= 0.6 is 0 Å². The zero-order valence-electron chi connectivity index (χ0n) is 12.5. The smallest absolute Gasteiger partial charge is 0.0173 e. The van der Waals surface area contributed by atoms with E-state index in [-0.39, 0.29) is 0 Å². The maximum Gasteiger partial charge on any atom is 0.0173 e. The van der Waals surface area contributed by atoms with Crippen molar-refractivity contribution in [2.24, 2.45) is 11.3 Å². The van der Waals surface area contributed by atoms with E-state index in [4.69, 9.17) is 0 Å². The first-order valence-corrected chi connectivity index (χ1v) is 7.50. The van der Waals surface area contributed by atoms with E-state index in [1.165, 1.54) is 45.3 Å². The summed E-state index contributed by atoms with van der Waals surface area (Å²) in [6.07, 6.45) is 5.04. The molecule has 1 aliphatic heterocycles. The first kappa shape index (κ1) is 15.0. The van der Waals surface area contributed by atoms with Gasteiger partial charge in [-0.3, -0.25) is 0 Å². The second-order valence-electron chi connectivity index (χ2n) is 6.14. The standard InChI is InChI=1S/C15H32N2/c1-6-15(7-2,8-3)17-12-14(13(4)5)9-10-16-11-14/h13,16-17H,6-12H2,1-5H3. The summed E-state index contributed by atoms with van der Waals surface area (Å²) in [6, 6.07) is 0.